The molecule has 0 atom stereocenters. The number of nitro groups is 1. The molecule has 1 fully saturated rings. The molecular weight excluding hydrogens is 312 g/mol. The van der Waals surface area contributed by atoms with Crippen molar-refractivity contribution in [1.29, 1.82) is 0 Å². The number of halogens is 1. The lowest BCUT2D eigenvalue weighted by atomic mass is 9.89. The Morgan fingerprint density at radius 2 is 2.21 bits per heavy atom. The topological polar surface area (TPSA) is 64.4 Å². The molecule has 1 aliphatic carbocycles. The molecule has 0 aromatic heterocycles. The van der Waals surface area contributed by atoms with Crippen LogP contribution in [0.25, 0.3) is 0 Å². The largest absolute Gasteiger partial charge is 0.381 e. The van der Waals surface area contributed by atoms with Gasteiger partial charge in [0.25, 0.3) is 5.69 Å². The van der Waals surface area contributed by atoms with Gasteiger partial charge in [-0.1, -0.05) is 0 Å². The Bertz CT molecular complexity index is 487. The monoisotopic (exact) mass is 328 g/mol. The van der Waals surface area contributed by atoms with E-state index in [-0.39, 0.29) is 10.6 Å². The van der Waals surface area contributed by atoms with Crippen molar-refractivity contribution >= 4 is 27.3 Å². The van der Waals surface area contributed by atoms with Gasteiger partial charge in [0.2, 0.25) is 0 Å². The second-order valence-electron chi connectivity index (χ2n) is 4.77. The molecule has 5 nitrogen and oxygen atoms in total. The van der Waals surface area contributed by atoms with E-state index in [1.54, 1.807) is 19.1 Å². The van der Waals surface area contributed by atoms with Crippen LogP contribution in [0.5, 0.6) is 0 Å². The summed E-state index contributed by atoms with van der Waals surface area (Å²) in [6.07, 6.45) is 2.21. The highest BCUT2D eigenvalue weighted by atomic mass is 79.9. The first-order valence-corrected chi connectivity index (χ1v) is 7.13. The fourth-order valence-corrected chi connectivity index (χ4v) is 2.82. The minimum Gasteiger partial charge on any atom is -0.381 e. The van der Waals surface area contributed by atoms with Crippen molar-refractivity contribution in [3.8, 4) is 0 Å². The highest BCUT2D eigenvalue weighted by molar-refractivity contribution is 9.10. The Balaban J connectivity index is 2.05. The molecule has 1 aromatic carbocycles. The second-order valence-corrected chi connectivity index (χ2v) is 5.62. The average Bonchev–Trinajstić information content (AvgIpc) is 2.28. The molecule has 104 valence electrons. The Hall–Kier alpha value is -1.14. The first-order valence-electron chi connectivity index (χ1n) is 6.34. The van der Waals surface area contributed by atoms with Crippen molar-refractivity contribution in [2.45, 2.75) is 38.8 Å². The summed E-state index contributed by atoms with van der Waals surface area (Å²) in [5.41, 5.74) is 1.58. The van der Waals surface area contributed by atoms with Gasteiger partial charge in [-0.25, -0.2) is 0 Å². The molecule has 1 aromatic rings. The third-order valence-corrected chi connectivity index (χ3v) is 4.00. The number of aryl methyl sites for hydroxylation is 1. The highest BCUT2D eigenvalue weighted by Crippen LogP contribution is 2.34. The quantitative estimate of drug-likeness (QED) is 0.662. The molecule has 0 unspecified atom stereocenters. The Morgan fingerprint density at radius 1 is 1.53 bits per heavy atom. The first kappa shape index (κ1) is 14.3. The zero-order chi connectivity index (χ0) is 14.0. The van der Waals surface area contributed by atoms with Gasteiger partial charge in [0.05, 0.1) is 16.7 Å². The van der Waals surface area contributed by atoms with Gasteiger partial charge in [-0.3, -0.25) is 10.1 Å². The fraction of sp³-hybridized carbons (Fsp3) is 0.538. The fourth-order valence-electron chi connectivity index (χ4n) is 2.24. The molecule has 0 bridgehead atoms. The van der Waals surface area contributed by atoms with E-state index in [2.05, 4.69) is 21.2 Å². The number of benzene rings is 1. The smallest absolute Gasteiger partial charge is 0.274 e. The molecule has 0 radical (unpaired) electrons. The van der Waals surface area contributed by atoms with Gasteiger partial charge in [-0.2, -0.15) is 0 Å². The number of rotatable bonds is 5. The Morgan fingerprint density at radius 3 is 2.79 bits per heavy atom. The summed E-state index contributed by atoms with van der Waals surface area (Å²) in [5, 5.41) is 14.3. The molecule has 1 saturated carbocycles. The van der Waals surface area contributed by atoms with E-state index in [4.69, 9.17) is 4.74 Å². The van der Waals surface area contributed by atoms with E-state index in [1.807, 2.05) is 6.92 Å². The summed E-state index contributed by atoms with van der Waals surface area (Å²) >= 11 is 3.44. The highest BCUT2D eigenvalue weighted by Gasteiger charge is 2.30. The minimum atomic E-state index is -0.350. The zero-order valence-corrected chi connectivity index (χ0v) is 12.6. The van der Waals surface area contributed by atoms with E-state index in [0.29, 0.717) is 17.7 Å². The van der Waals surface area contributed by atoms with Crippen molar-refractivity contribution < 1.29 is 9.66 Å². The third-order valence-electron chi connectivity index (χ3n) is 3.34. The standard InChI is InChI=1S/C13H17BrN2O3/c1-3-19-10-5-9(6-10)15-12-7-13(16(17)18)8(2)4-11(12)14/h4,7,9-10,15H,3,5-6H2,1-2H3. The molecule has 19 heavy (non-hydrogen) atoms. The molecule has 2 rings (SSSR count). The van der Waals surface area contributed by atoms with Gasteiger partial charge >= 0.3 is 0 Å². The van der Waals surface area contributed by atoms with Crippen LogP contribution in [-0.2, 0) is 4.74 Å². The number of ether oxygens (including phenoxy) is 1. The van der Waals surface area contributed by atoms with E-state index in [1.165, 1.54) is 0 Å². The molecule has 1 N–H and O–H groups in total. The van der Waals surface area contributed by atoms with Crippen LogP contribution in [0.4, 0.5) is 11.4 Å². The minimum absolute atomic E-state index is 0.145. The number of nitrogens with zero attached hydrogens (tertiary/aromatic N) is 1. The maximum Gasteiger partial charge on any atom is 0.274 e. The van der Waals surface area contributed by atoms with Crippen LogP contribution in [0, 0.1) is 17.0 Å². The lowest BCUT2D eigenvalue weighted by Crippen LogP contribution is -2.40. The average molecular weight is 329 g/mol. The summed E-state index contributed by atoms with van der Waals surface area (Å²) in [6, 6.07) is 3.70. The van der Waals surface area contributed by atoms with Gasteiger partial charge in [-0.05, 0) is 48.7 Å². The number of hydrogen-bond donors (Lipinski definition) is 1. The summed E-state index contributed by atoms with van der Waals surface area (Å²) in [5.74, 6) is 0. The normalized spacial score (nSPS) is 21.8. The van der Waals surface area contributed by atoms with Crippen molar-refractivity contribution in [3.05, 3.63) is 32.3 Å². The molecule has 6 heteroatoms. The predicted octanol–water partition coefficient (Wildman–Crippen LogP) is 3.65. The van der Waals surface area contributed by atoms with Crippen LogP contribution in [-0.4, -0.2) is 23.7 Å². The van der Waals surface area contributed by atoms with E-state index >= 15 is 0 Å². The van der Waals surface area contributed by atoms with Crippen LogP contribution >= 0.6 is 15.9 Å². The SMILES string of the molecule is CCOC1CC(Nc2cc([N+](=O)[O-])c(C)cc2Br)C1. The van der Waals surface area contributed by atoms with Crippen LogP contribution < -0.4 is 5.32 Å². The van der Waals surface area contributed by atoms with Crippen molar-refractivity contribution in [2.24, 2.45) is 0 Å². The number of hydrogen-bond acceptors (Lipinski definition) is 4. The van der Waals surface area contributed by atoms with Gasteiger partial charge in [-0.15, -0.1) is 0 Å². The molecular formula is C13H17BrN2O3. The van der Waals surface area contributed by atoms with Crippen molar-refractivity contribution in [3.63, 3.8) is 0 Å². The molecule has 1 aliphatic rings. The first-order chi connectivity index (χ1) is 9.01. The Kier molecular flexibility index (Phi) is 4.42. The summed E-state index contributed by atoms with van der Waals surface area (Å²) < 4.78 is 6.35. The molecule has 0 aliphatic heterocycles. The molecule has 0 heterocycles. The zero-order valence-electron chi connectivity index (χ0n) is 11.0. The van der Waals surface area contributed by atoms with Crippen LogP contribution in [0.15, 0.2) is 16.6 Å². The van der Waals surface area contributed by atoms with Gasteiger partial charge in [0.1, 0.15) is 0 Å². The predicted molar refractivity (Wildman–Crippen MR) is 77.6 cm³/mol. The van der Waals surface area contributed by atoms with E-state index < -0.39 is 0 Å². The van der Waals surface area contributed by atoms with Gasteiger partial charge in [0.15, 0.2) is 0 Å². The summed E-state index contributed by atoms with van der Waals surface area (Å²) in [4.78, 5) is 10.6. The number of nitrogens with one attached hydrogen (secondary N) is 1. The summed E-state index contributed by atoms with van der Waals surface area (Å²) in [7, 11) is 0. The second kappa shape index (κ2) is 5.88. The van der Waals surface area contributed by atoms with E-state index in [0.717, 1.165) is 29.6 Å². The maximum absolute atomic E-state index is 10.9. The lowest BCUT2D eigenvalue weighted by molar-refractivity contribution is -0.385. The number of anilines is 1. The third kappa shape index (κ3) is 3.25. The van der Waals surface area contributed by atoms with Crippen molar-refractivity contribution in [1.82, 2.24) is 0 Å². The van der Waals surface area contributed by atoms with Crippen LogP contribution in [0.2, 0.25) is 0 Å². The lowest BCUT2D eigenvalue weighted by Gasteiger charge is -2.36. The van der Waals surface area contributed by atoms with E-state index in [9.17, 15) is 10.1 Å². The van der Waals surface area contributed by atoms with Crippen LogP contribution in [0.3, 0.4) is 0 Å². The van der Waals surface area contributed by atoms with Gasteiger partial charge < -0.3 is 10.1 Å². The Labute approximate surface area is 120 Å². The molecule has 0 spiro atoms. The molecule has 0 saturated heterocycles. The number of nitro benzene ring substituents is 1. The van der Waals surface area contributed by atoms with Gasteiger partial charge in [0, 0.05) is 28.8 Å². The van der Waals surface area contributed by atoms with Crippen molar-refractivity contribution in [2.75, 3.05) is 11.9 Å². The van der Waals surface area contributed by atoms with Crippen LogP contribution in [0.1, 0.15) is 25.3 Å². The maximum atomic E-state index is 10.9. The summed E-state index contributed by atoms with van der Waals surface area (Å²) in [6.45, 7) is 4.46. The molecule has 0 amide bonds.